The van der Waals surface area contributed by atoms with Crippen LogP contribution in [0.15, 0.2) is 47.5 Å². The van der Waals surface area contributed by atoms with Gasteiger partial charge in [-0.25, -0.2) is 0 Å². The number of rotatable bonds is 3. The predicted octanol–water partition coefficient (Wildman–Crippen LogP) is 4.31. The van der Waals surface area contributed by atoms with Crippen LogP contribution in [-0.4, -0.2) is 11.3 Å². The van der Waals surface area contributed by atoms with Crippen molar-refractivity contribution in [3.05, 3.63) is 57.2 Å². The number of hydrogen-bond acceptors (Lipinski definition) is 2. The van der Waals surface area contributed by atoms with E-state index in [1.54, 1.807) is 12.3 Å². The van der Waals surface area contributed by atoms with Crippen LogP contribution in [0.1, 0.15) is 18.1 Å². The zero-order chi connectivity index (χ0) is 13.0. The Balaban J connectivity index is 2.33. The number of hydrogen-bond donors (Lipinski definition) is 1. The Bertz CT molecular complexity index is 578. The van der Waals surface area contributed by atoms with Crippen molar-refractivity contribution >= 4 is 34.5 Å². The lowest BCUT2D eigenvalue weighted by atomic mass is 10.1. The highest BCUT2D eigenvalue weighted by Crippen LogP contribution is 2.22. The predicted molar refractivity (Wildman–Crippen MR) is 83.9 cm³/mol. The molecular weight excluding hydrogens is 337 g/mol. The van der Waals surface area contributed by atoms with E-state index >= 15 is 0 Å². The maximum absolute atomic E-state index is 9.74. The summed E-state index contributed by atoms with van der Waals surface area (Å²) >= 11 is 2.22. The Kier molecular flexibility index (Phi) is 4.36. The minimum absolute atomic E-state index is 0.258. The largest absolute Gasteiger partial charge is 0.507 e. The zero-order valence-corrected chi connectivity index (χ0v) is 12.3. The Morgan fingerprint density at radius 2 is 2.00 bits per heavy atom. The first kappa shape index (κ1) is 13.1. The van der Waals surface area contributed by atoms with Gasteiger partial charge in [-0.05, 0) is 58.8 Å². The number of halogens is 1. The Labute approximate surface area is 121 Å². The van der Waals surface area contributed by atoms with E-state index in [2.05, 4.69) is 40.6 Å². The third kappa shape index (κ3) is 3.10. The van der Waals surface area contributed by atoms with Crippen molar-refractivity contribution < 1.29 is 5.11 Å². The molecule has 0 amide bonds. The van der Waals surface area contributed by atoms with E-state index in [-0.39, 0.29) is 5.75 Å². The summed E-state index contributed by atoms with van der Waals surface area (Å²) in [4.78, 5) is 4.46. The van der Waals surface area contributed by atoms with Gasteiger partial charge in [0.25, 0.3) is 0 Å². The SMILES string of the molecule is CCc1ccccc1/N=C/c1cc(I)ccc1O. The lowest BCUT2D eigenvalue weighted by Gasteiger charge is -2.02. The maximum atomic E-state index is 9.74. The van der Waals surface area contributed by atoms with E-state index in [0.29, 0.717) is 0 Å². The molecule has 18 heavy (non-hydrogen) atoms. The second kappa shape index (κ2) is 6.00. The van der Waals surface area contributed by atoms with Crippen LogP contribution in [0.5, 0.6) is 5.75 Å². The fourth-order valence-electron chi connectivity index (χ4n) is 1.70. The molecule has 0 bridgehead atoms. The second-order valence-corrected chi connectivity index (χ2v) is 5.19. The summed E-state index contributed by atoms with van der Waals surface area (Å²) in [5.74, 6) is 0.258. The number of phenols is 1. The van der Waals surface area contributed by atoms with Crippen molar-refractivity contribution in [3.8, 4) is 5.75 Å². The van der Waals surface area contributed by atoms with Crippen LogP contribution >= 0.6 is 22.6 Å². The van der Waals surface area contributed by atoms with Crippen LogP contribution in [-0.2, 0) is 6.42 Å². The normalized spacial score (nSPS) is 11.0. The number of aryl methyl sites for hydroxylation is 1. The Morgan fingerprint density at radius 1 is 1.22 bits per heavy atom. The van der Waals surface area contributed by atoms with Gasteiger partial charge in [-0.1, -0.05) is 25.1 Å². The maximum Gasteiger partial charge on any atom is 0.124 e. The van der Waals surface area contributed by atoms with Gasteiger partial charge in [-0.15, -0.1) is 0 Å². The number of benzene rings is 2. The van der Waals surface area contributed by atoms with E-state index in [4.69, 9.17) is 0 Å². The molecule has 2 aromatic rings. The number of para-hydroxylation sites is 1. The Hall–Kier alpha value is -1.36. The molecule has 0 aliphatic heterocycles. The molecule has 2 rings (SSSR count). The fourth-order valence-corrected chi connectivity index (χ4v) is 2.22. The van der Waals surface area contributed by atoms with Gasteiger partial charge < -0.3 is 5.11 Å². The van der Waals surface area contributed by atoms with Crippen LogP contribution in [0.2, 0.25) is 0 Å². The average molecular weight is 351 g/mol. The van der Waals surface area contributed by atoms with Crippen LogP contribution in [0.25, 0.3) is 0 Å². The van der Waals surface area contributed by atoms with Crippen LogP contribution in [0.3, 0.4) is 0 Å². The van der Waals surface area contributed by atoms with Crippen molar-refractivity contribution in [1.82, 2.24) is 0 Å². The molecule has 0 aliphatic carbocycles. The lowest BCUT2D eigenvalue weighted by molar-refractivity contribution is 0.474. The quantitative estimate of drug-likeness (QED) is 0.649. The number of phenolic OH excluding ortho intramolecular Hbond substituents is 1. The summed E-state index contributed by atoms with van der Waals surface area (Å²) < 4.78 is 1.08. The third-order valence-electron chi connectivity index (χ3n) is 2.70. The van der Waals surface area contributed by atoms with Crippen LogP contribution < -0.4 is 0 Å². The van der Waals surface area contributed by atoms with Gasteiger partial charge in [-0.2, -0.15) is 0 Å². The van der Waals surface area contributed by atoms with E-state index < -0.39 is 0 Å². The summed E-state index contributed by atoms with van der Waals surface area (Å²) in [6.45, 7) is 2.11. The van der Waals surface area contributed by atoms with E-state index in [0.717, 1.165) is 21.2 Å². The monoisotopic (exact) mass is 351 g/mol. The third-order valence-corrected chi connectivity index (χ3v) is 3.38. The highest BCUT2D eigenvalue weighted by Gasteiger charge is 2.00. The molecular formula is C15H14INO. The molecule has 2 nitrogen and oxygen atoms in total. The molecule has 0 unspecified atom stereocenters. The molecule has 0 aliphatic rings. The van der Waals surface area contributed by atoms with Gasteiger partial charge in [0.05, 0.1) is 5.69 Å². The molecule has 3 heteroatoms. The fraction of sp³-hybridized carbons (Fsp3) is 0.133. The molecule has 1 N–H and O–H groups in total. The number of aliphatic imine (C=N–C) groups is 1. The van der Waals surface area contributed by atoms with Crippen molar-refractivity contribution in [2.75, 3.05) is 0 Å². The second-order valence-electron chi connectivity index (χ2n) is 3.94. The highest BCUT2D eigenvalue weighted by atomic mass is 127. The minimum atomic E-state index is 0.258. The first-order valence-electron chi connectivity index (χ1n) is 5.81. The molecule has 0 aromatic heterocycles. The van der Waals surface area contributed by atoms with E-state index in [1.807, 2.05) is 30.3 Å². The standard InChI is InChI=1S/C15H14INO/c1-2-11-5-3-4-6-14(11)17-10-12-9-13(16)7-8-15(12)18/h3-10,18H,2H2,1H3/b17-10+. The molecule has 0 saturated carbocycles. The molecule has 0 radical (unpaired) electrons. The van der Waals surface area contributed by atoms with Crippen molar-refractivity contribution in [1.29, 1.82) is 0 Å². The number of nitrogens with zero attached hydrogens (tertiary/aromatic N) is 1. The zero-order valence-electron chi connectivity index (χ0n) is 10.1. The Morgan fingerprint density at radius 3 is 2.78 bits per heavy atom. The lowest BCUT2D eigenvalue weighted by Crippen LogP contribution is -1.85. The molecule has 0 atom stereocenters. The van der Waals surface area contributed by atoms with Gasteiger partial charge in [0.2, 0.25) is 0 Å². The summed E-state index contributed by atoms with van der Waals surface area (Å²) in [6, 6.07) is 13.5. The summed E-state index contributed by atoms with van der Waals surface area (Å²) in [7, 11) is 0. The molecule has 92 valence electrons. The van der Waals surface area contributed by atoms with Gasteiger partial charge in [0.15, 0.2) is 0 Å². The first-order valence-corrected chi connectivity index (χ1v) is 6.89. The van der Waals surface area contributed by atoms with Crippen LogP contribution in [0.4, 0.5) is 5.69 Å². The molecule has 2 aromatic carbocycles. The summed E-state index contributed by atoms with van der Waals surface area (Å²) in [5, 5.41) is 9.74. The summed E-state index contributed by atoms with van der Waals surface area (Å²) in [5.41, 5.74) is 2.91. The topological polar surface area (TPSA) is 32.6 Å². The molecule has 0 heterocycles. The smallest absolute Gasteiger partial charge is 0.124 e. The van der Waals surface area contributed by atoms with E-state index in [9.17, 15) is 5.11 Å². The first-order chi connectivity index (χ1) is 8.70. The number of aromatic hydroxyl groups is 1. The van der Waals surface area contributed by atoms with Gasteiger partial charge in [0.1, 0.15) is 5.75 Å². The van der Waals surface area contributed by atoms with Gasteiger partial charge in [0, 0.05) is 15.3 Å². The van der Waals surface area contributed by atoms with Gasteiger partial charge >= 0.3 is 0 Å². The van der Waals surface area contributed by atoms with Gasteiger partial charge in [-0.3, -0.25) is 4.99 Å². The van der Waals surface area contributed by atoms with E-state index in [1.165, 1.54) is 5.56 Å². The molecule has 0 spiro atoms. The average Bonchev–Trinajstić information content (AvgIpc) is 2.40. The van der Waals surface area contributed by atoms with Crippen LogP contribution in [0, 0.1) is 3.57 Å². The van der Waals surface area contributed by atoms with Crippen molar-refractivity contribution in [2.24, 2.45) is 4.99 Å². The van der Waals surface area contributed by atoms with Crippen molar-refractivity contribution in [3.63, 3.8) is 0 Å². The minimum Gasteiger partial charge on any atom is -0.507 e. The molecule has 0 fully saturated rings. The van der Waals surface area contributed by atoms with Crippen molar-refractivity contribution in [2.45, 2.75) is 13.3 Å². The highest BCUT2D eigenvalue weighted by molar-refractivity contribution is 14.1. The summed E-state index contributed by atoms with van der Waals surface area (Å²) in [6.07, 6.45) is 2.66. The molecule has 0 saturated heterocycles.